The molecule has 1 heterocycles. The minimum absolute atomic E-state index is 0. The zero-order valence-corrected chi connectivity index (χ0v) is 12.1. The number of hydrazone groups is 1. The summed E-state index contributed by atoms with van der Waals surface area (Å²) in [6.07, 6.45) is 4.26. The molecular formula is C13H11Cl2N3O3. The molecule has 6 nitrogen and oxygen atoms in total. The standard InChI is InChI=1S/C13H9Cl2N3O2.H2O/c14-10-5-9(12(19)11(15)6-10)7-17-18-13(20)8-1-3-16-4-2-8;/h1-7,19H,(H,18,20);1H2/b17-7+;. The molecule has 0 radical (unpaired) electrons. The van der Waals surface area contributed by atoms with Crippen molar-refractivity contribution in [3.8, 4) is 5.75 Å². The fourth-order valence-electron chi connectivity index (χ4n) is 1.41. The first-order chi connectivity index (χ1) is 9.58. The smallest absolute Gasteiger partial charge is 0.271 e. The summed E-state index contributed by atoms with van der Waals surface area (Å²) in [4.78, 5) is 15.5. The Hall–Kier alpha value is -2.15. The van der Waals surface area contributed by atoms with E-state index in [2.05, 4.69) is 15.5 Å². The summed E-state index contributed by atoms with van der Waals surface area (Å²) in [6, 6.07) is 5.99. The molecule has 0 saturated carbocycles. The predicted molar refractivity (Wildman–Crippen MR) is 81.0 cm³/mol. The minimum atomic E-state index is -0.392. The number of phenolic OH excluding ortho intramolecular Hbond substituents is 1. The highest BCUT2D eigenvalue weighted by Gasteiger charge is 2.06. The van der Waals surface area contributed by atoms with Crippen molar-refractivity contribution in [3.05, 3.63) is 57.8 Å². The number of rotatable bonds is 3. The lowest BCUT2D eigenvalue weighted by molar-refractivity contribution is 0.0955. The lowest BCUT2D eigenvalue weighted by atomic mass is 10.2. The van der Waals surface area contributed by atoms with Crippen molar-refractivity contribution in [1.82, 2.24) is 10.4 Å². The van der Waals surface area contributed by atoms with Crippen LogP contribution in [-0.4, -0.2) is 27.7 Å². The molecule has 4 N–H and O–H groups in total. The van der Waals surface area contributed by atoms with Crippen molar-refractivity contribution in [1.29, 1.82) is 0 Å². The Morgan fingerprint density at radius 2 is 1.95 bits per heavy atom. The SMILES string of the molecule is O.O=C(N/N=C/c1cc(Cl)cc(Cl)c1O)c1ccncc1. The van der Waals surface area contributed by atoms with Crippen molar-refractivity contribution in [2.45, 2.75) is 0 Å². The Kier molecular flexibility index (Phi) is 6.10. The van der Waals surface area contributed by atoms with Crippen molar-refractivity contribution < 1.29 is 15.4 Å². The van der Waals surface area contributed by atoms with Gasteiger partial charge in [0, 0.05) is 28.5 Å². The third kappa shape index (κ3) is 4.42. The van der Waals surface area contributed by atoms with E-state index >= 15 is 0 Å². The maximum Gasteiger partial charge on any atom is 0.271 e. The topological polar surface area (TPSA) is 106 Å². The molecule has 1 aromatic carbocycles. The number of carbonyl (C=O) groups excluding carboxylic acids is 1. The average molecular weight is 328 g/mol. The van der Waals surface area contributed by atoms with Crippen LogP contribution in [0.4, 0.5) is 0 Å². The summed E-state index contributed by atoms with van der Waals surface area (Å²) in [5.74, 6) is -0.547. The van der Waals surface area contributed by atoms with Gasteiger partial charge in [-0.25, -0.2) is 5.43 Å². The third-order valence-electron chi connectivity index (χ3n) is 2.37. The number of benzene rings is 1. The quantitative estimate of drug-likeness (QED) is 0.665. The lowest BCUT2D eigenvalue weighted by Gasteiger charge is -2.02. The van der Waals surface area contributed by atoms with Gasteiger partial charge in [0.15, 0.2) is 0 Å². The molecule has 2 rings (SSSR count). The van der Waals surface area contributed by atoms with Gasteiger partial charge >= 0.3 is 0 Å². The van der Waals surface area contributed by atoms with E-state index in [-0.39, 0.29) is 16.2 Å². The molecule has 1 amide bonds. The van der Waals surface area contributed by atoms with Gasteiger partial charge in [-0.05, 0) is 24.3 Å². The van der Waals surface area contributed by atoms with Gasteiger partial charge in [0.05, 0.1) is 11.2 Å². The molecule has 0 aliphatic carbocycles. The maximum absolute atomic E-state index is 11.7. The summed E-state index contributed by atoms with van der Waals surface area (Å²) >= 11 is 11.6. The van der Waals surface area contributed by atoms with Crippen molar-refractivity contribution in [3.63, 3.8) is 0 Å². The molecule has 0 atom stereocenters. The second-order valence-electron chi connectivity index (χ2n) is 3.76. The summed E-state index contributed by atoms with van der Waals surface area (Å²) in [5.41, 5.74) is 3.04. The van der Waals surface area contributed by atoms with Crippen LogP contribution in [-0.2, 0) is 0 Å². The molecule has 2 aromatic rings. The van der Waals surface area contributed by atoms with E-state index in [1.165, 1.54) is 30.7 Å². The summed E-state index contributed by atoms with van der Waals surface area (Å²) in [5, 5.41) is 13.9. The van der Waals surface area contributed by atoms with E-state index in [9.17, 15) is 9.90 Å². The fraction of sp³-hybridized carbons (Fsp3) is 0. The van der Waals surface area contributed by atoms with E-state index in [0.29, 0.717) is 16.1 Å². The summed E-state index contributed by atoms with van der Waals surface area (Å²) in [6.45, 7) is 0. The van der Waals surface area contributed by atoms with E-state index in [1.54, 1.807) is 12.1 Å². The number of amides is 1. The van der Waals surface area contributed by atoms with Crippen LogP contribution in [0.1, 0.15) is 15.9 Å². The zero-order valence-electron chi connectivity index (χ0n) is 10.5. The molecule has 0 bridgehead atoms. The van der Waals surface area contributed by atoms with Crippen LogP contribution < -0.4 is 5.43 Å². The Morgan fingerprint density at radius 3 is 2.62 bits per heavy atom. The van der Waals surface area contributed by atoms with Crippen LogP contribution in [0.15, 0.2) is 41.8 Å². The predicted octanol–water partition coefficient (Wildman–Crippen LogP) is 2.03. The highest BCUT2D eigenvalue weighted by molar-refractivity contribution is 6.36. The monoisotopic (exact) mass is 327 g/mol. The number of pyridine rings is 1. The second kappa shape index (κ2) is 7.58. The fourth-order valence-corrected chi connectivity index (χ4v) is 1.92. The van der Waals surface area contributed by atoms with Gasteiger partial charge in [0.25, 0.3) is 5.91 Å². The van der Waals surface area contributed by atoms with Gasteiger partial charge in [0.1, 0.15) is 5.75 Å². The number of phenols is 1. The molecule has 8 heteroatoms. The van der Waals surface area contributed by atoms with Crippen molar-refractivity contribution >= 4 is 35.3 Å². The second-order valence-corrected chi connectivity index (χ2v) is 4.60. The molecule has 0 spiro atoms. The average Bonchev–Trinajstić information content (AvgIpc) is 2.44. The third-order valence-corrected chi connectivity index (χ3v) is 2.88. The van der Waals surface area contributed by atoms with E-state index in [1.807, 2.05) is 0 Å². The molecule has 0 aliphatic rings. The van der Waals surface area contributed by atoms with Crippen LogP contribution in [0.5, 0.6) is 5.75 Å². The number of hydrogen-bond donors (Lipinski definition) is 2. The van der Waals surface area contributed by atoms with Crippen molar-refractivity contribution in [2.75, 3.05) is 0 Å². The number of aromatic hydroxyl groups is 1. The number of hydrogen-bond acceptors (Lipinski definition) is 4. The van der Waals surface area contributed by atoms with Gasteiger partial charge in [-0.3, -0.25) is 9.78 Å². The minimum Gasteiger partial charge on any atom is -0.506 e. The Morgan fingerprint density at radius 1 is 1.29 bits per heavy atom. The van der Waals surface area contributed by atoms with Crippen LogP contribution in [0.25, 0.3) is 0 Å². The Labute approximate surface area is 130 Å². The highest BCUT2D eigenvalue weighted by atomic mass is 35.5. The number of nitrogens with zero attached hydrogens (tertiary/aromatic N) is 2. The van der Waals surface area contributed by atoms with E-state index in [0.717, 1.165) is 0 Å². The largest absolute Gasteiger partial charge is 0.506 e. The first kappa shape index (κ1) is 16.9. The normalized spacial score (nSPS) is 10.2. The highest BCUT2D eigenvalue weighted by Crippen LogP contribution is 2.29. The van der Waals surface area contributed by atoms with Gasteiger partial charge < -0.3 is 10.6 Å². The molecule has 0 saturated heterocycles. The summed E-state index contributed by atoms with van der Waals surface area (Å²) < 4.78 is 0. The molecule has 0 unspecified atom stereocenters. The number of carbonyl (C=O) groups is 1. The van der Waals surface area contributed by atoms with Gasteiger partial charge in [-0.1, -0.05) is 23.2 Å². The zero-order chi connectivity index (χ0) is 14.5. The van der Waals surface area contributed by atoms with E-state index in [4.69, 9.17) is 23.2 Å². The molecule has 0 aliphatic heterocycles. The molecule has 110 valence electrons. The van der Waals surface area contributed by atoms with Gasteiger partial charge in [-0.2, -0.15) is 5.10 Å². The van der Waals surface area contributed by atoms with Gasteiger partial charge in [0.2, 0.25) is 0 Å². The Bertz CT molecular complexity index is 663. The first-order valence-corrected chi connectivity index (χ1v) is 6.25. The molecule has 1 aromatic heterocycles. The maximum atomic E-state index is 11.7. The lowest BCUT2D eigenvalue weighted by Crippen LogP contribution is -2.17. The van der Waals surface area contributed by atoms with E-state index < -0.39 is 5.91 Å². The first-order valence-electron chi connectivity index (χ1n) is 5.49. The van der Waals surface area contributed by atoms with Gasteiger partial charge in [-0.15, -0.1) is 0 Å². The van der Waals surface area contributed by atoms with Crippen LogP contribution in [0, 0.1) is 0 Å². The van der Waals surface area contributed by atoms with Crippen molar-refractivity contribution in [2.24, 2.45) is 5.10 Å². The summed E-state index contributed by atoms with van der Waals surface area (Å²) in [7, 11) is 0. The Balaban J connectivity index is 0.00000220. The van der Waals surface area contributed by atoms with Crippen LogP contribution in [0.2, 0.25) is 10.0 Å². The molecule has 0 fully saturated rings. The molecular weight excluding hydrogens is 317 g/mol. The van der Waals surface area contributed by atoms with Crippen LogP contribution in [0.3, 0.4) is 0 Å². The number of halogens is 2. The van der Waals surface area contributed by atoms with Crippen LogP contribution >= 0.6 is 23.2 Å². The number of aromatic nitrogens is 1. The molecule has 21 heavy (non-hydrogen) atoms. The number of nitrogens with one attached hydrogen (secondary N) is 1.